The van der Waals surface area contributed by atoms with Crippen LogP contribution in [0, 0.1) is 18.3 Å². The Balaban J connectivity index is 2.36. The first-order valence-corrected chi connectivity index (χ1v) is 8.47. The second-order valence-electron chi connectivity index (χ2n) is 5.71. The Morgan fingerprint density at radius 2 is 2.10 bits per heavy atom. The molecule has 114 valence electrons. The molecular weight excluding hydrogens is 286 g/mol. The van der Waals surface area contributed by atoms with Gasteiger partial charge in [-0.2, -0.15) is 9.57 Å². The summed E-state index contributed by atoms with van der Waals surface area (Å²) in [4.78, 5) is 2.32. The van der Waals surface area contributed by atoms with Crippen LogP contribution >= 0.6 is 0 Å². The molecule has 0 aromatic heterocycles. The minimum absolute atomic E-state index is 0.244. The largest absolute Gasteiger partial charge is 0.305 e. The smallest absolute Gasteiger partial charge is 0.243 e. The zero-order valence-electron chi connectivity index (χ0n) is 12.7. The third-order valence-electron chi connectivity index (χ3n) is 4.02. The SMILES string of the molecule is Cc1ccc(C#N)cc1S(=O)(=O)N1CCCC(N(C)C)C1. The van der Waals surface area contributed by atoms with E-state index in [0.717, 1.165) is 12.8 Å². The van der Waals surface area contributed by atoms with Gasteiger partial charge in [-0.3, -0.25) is 0 Å². The van der Waals surface area contributed by atoms with E-state index < -0.39 is 10.0 Å². The van der Waals surface area contributed by atoms with Crippen LogP contribution in [0.3, 0.4) is 0 Å². The molecule has 1 fully saturated rings. The summed E-state index contributed by atoms with van der Waals surface area (Å²) in [6, 6.07) is 7.06. The Bertz CT molecular complexity index is 662. The highest BCUT2D eigenvalue weighted by atomic mass is 32.2. The number of sulfonamides is 1. The van der Waals surface area contributed by atoms with Crippen molar-refractivity contribution in [3.8, 4) is 6.07 Å². The van der Waals surface area contributed by atoms with Crippen LogP contribution in [0.5, 0.6) is 0 Å². The fourth-order valence-corrected chi connectivity index (χ4v) is 4.41. The van der Waals surface area contributed by atoms with Gasteiger partial charge in [-0.1, -0.05) is 6.07 Å². The van der Waals surface area contributed by atoms with Gasteiger partial charge in [-0.25, -0.2) is 8.42 Å². The average Bonchev–Trinajstić information content (AvgIpc) is 2.47. The van der Waals surface area contributed by atoms with Crippen molar-refractivity contribution in [1.82, 2.24) is 9.21 Å². The number of hydrogen-bond donors (Lipinski definition) is 0. The highest BCUT2D eigenvalue weighted by Crippen LogP contribution is 2.25. The van der Waals surface area contributed by atoms with Gasteiger partial charge >= 0.3 is 0 Å². The molecule has 1 aromatic rings. The maximum Gasteiger partial charge on any atom is 0.243 e. The van der Waals surface area contributed by atoms with E-state index in [4.69, 9.17) is 5.26 Å². The molecule has 0 aliphatic carbocycles. The van der Waals surface area contributed by atoms with Crippen LogP contribution in [0.2, 0.25) is 0 Å². The van der Waals surface area contributed by atoms with E-state index in [1.165, 1.54) is 6.07 Å². The summed E-state index contributed by atoms with van der Waals surface area (Å²) < 4.78 is 27.2. The van der Waals surface area contributed by atoms with Crippen LogP contribution in [-0.2, 0) is 10.0 Å². The standard InChI is InChI=1S/C15H21N3O2S/c1-12-6-7-13(10-16)9-15(12)21(19,20)18-8-4-5-14(11-18)17(2)3/h6-7,9,14H,4-5,8,11H2,1-3H3. The molecule has 0 radical (unpaired) electrons. The highest BCUT2D eigenvalue weighted by molar-refractivity contribution is 7.89. The minimum atomic E-state index is -3.54. The molecular formula is C15H21N3O2S. The van der Waals surface area contributed by atoms with Gasteiger partial charge < -0.3 is 4.90 Å². The zero-order valence-corrected chi connectivity index (χ0v) is 13.5. The van der Waals surface area contributed by atoms with Crippen molar-refractivity contribution in [2.24, 2.45) is 0 Å². The average molecular weight is 307 g/mol. The molecule has 1 aromatic carbocycles. The van der Waals surface area contributed by atoms with Gasteiger partial charge in [0.15, 0.2) is 0 Å². The lowest BCUT2D eigenvalue weighted by Gasteiger charge is -2.35. The summed E-state index contributed by atoms with van der Waals surface area (Å²) in [6.45, 7) is 2.82. The van der Waals surface area contributed by atoms with E-state index in [9.17, 15) is 8.42 Å². The fourth-order valence-electron chi connectivity index (χ4n) is 2.65. The molecule has 0 amide bonds. The van der Waals surface area contributed by atoms with E-state index in [1.807, 2.05) is 20.2 Å². The molecule has 2 rings (SSSR count). The van der Waals surface area contributed by atoms with E-state index in [-0.39, 0.29) is 10.9 Å². The number of nitriles is 1. The summed E-state index contributed by atoms with van der Waals surface area (Å²) in [6.07, 6.45) is 1.87. The first-order valence-electron chi connectivity index (χ1n) is 7.03. The van der Waals surface area contributed by atoms with Crippen molar-refractivity contribution in [2.45, 2.75) is 30.7 Å². The van der Waals surface area contributed by atoms with Crippen molar-refractivity contribution < 1.29 is 8.42 Å². The lowest BCUT2D eigenvalue weighted by molar-refractivity contribution is 0.190. The molecule has 0 bridgehead atoms. The second kappa shape index (κ2) is 6.14. The van der Waals surface area contributed by atoms with Crippen molar-refractivity contribution in [2.75, 3.05) is 27.2 Å². The maximum absolute atomic E-state index is 12.8. The lowest BCUT2D eigenvalue weighted by atomic mass is 10.1. The monoisotopic (exact) mass is 307 g/mol. The van der Waals surface area contributed by atoms with Crippen LogP contribution in [0.15, 0.2) is 23.1 Å². The van der Waals surface area contributed by atoms with Gasteiger partial charge in [-0.05, 0) is 51.6 Å². The summed E-state index contributed by atoms with van der Waals surface area (Å²) >= 11 is 0. The van der Waals surface area contributed by atoms with Gasteiger partial charge in [0.05, 0.1) is 16.5 Å². The predicted molar refractivity (Wildman–Crippen MR) is 81.4 cm³/mol. The van der Waals surface area contributed by atoms with E-state index >= 15 is 0 Å². The van der Waals surface area contributed by atoms with Crippen molar-refractivity contribution >= 4 is 10.0 Å². The molecule has 0 saturated carbocycles. The molecule has 21 heavy (non-hydrogen) atoms. The summed E-state index contributed by atoms with van der Waals surface area (Å²) in [5.74, 6) is 0. The molecule has 1 aliphatic heterocycles. The number of hydrogen-bond acceptors (Lipinski definition) is 4. The quantitative estimate of drug-likeness (QED) is 0.850. The fraction of sp³-hybridized carbons (Fsp3) is 0.533. The molecule has 6 heteroatoms. The lowest BCUT2D eigenvalue weighted by Crippen LogP contribution is -2.47. The highest BCUT2D eigenvalue weighted by Gasteiger charge is 2.32. The summed E-state index contributed by atoms with van der Waals surface area (Å²) in [5.41, 5.74) is 1.06. The number of aryl methyl sites for hydroxylation is 1. The number of piperidine rings is 1. The number of rotatable bonds is 3. The van der Waals surface area contributed by atoms with Gasteiger partial charge in [0.1, 0.15) is 0 Å². The normalized spacial score (nSPS) is 20.4. The van der Waals surface area contributed by atoms with E-state index in [1.54, 1.807) is 23.4 Å². The first-order chi connectivity index (χ1) is 9.86. The molecule has 0 spiro atoms. The van der Waals surface area contributed by atoms with Gasteiger partial charge in [0.25, 0.3) is 0 Å². The van der Waals surface area contributed by atoms with Crippen LogP contribution in [-0.4, -0.2) is 50.8 Å². The van der Waals surface area contributed by atoms with Crippen LogP contribution < -0.4 is 0 Å². The second-order valence-corrected chi connectivity index (χ2v) is 7.62. The van der Waals surface area contributed by atoms with E-state index in [2.05, 4.69) is 4.90 Å². The molecule has 1 atom stereocenters. The van der Waals surface area contributed by atoms with Gasteiger partial charge in [-0.15, -0.1) is 0 Å². The third-order valence-corrected chi connectivity index (χ3v) is 6.03. The van der Waals surface area contributed by atoms with E-state index in [0.29, 0.717) is 24.2 Å². The molecule has 1 aliphatic rings. The van der Waals surface area contributed by atoms with Crippen molar-refractivity contribution in [1.29, 1.82) is 5.26 Å². The number of nitrogens with zero attached hydrogens (tertiary/aromatic N) is 3. The first kappa shape index (κ1) is 16.0. The zero-order chi connectivity index (χ0) is 15.6. The van der Waals surface area contributed by atoms with Gasteiger partial charge in [0, 0.05) is 19.1 Å². The topological polar surface area (TPSA) is 64.4 Å². The molecule has 1 unspecified atom stereocenters. The predicted octanol–water partition coefficient (Wildman–Crippen LogP) is 1.58. The Labute approximate surface area is 126 Å². The third kappa shape index (κ3) is 3.26. The Morgan fingerprint density at radius 1 is 1.38 bits per heavy atom. The van der Waals surface area contributed by atoms with Crippen molar-refractivity contribution in [3.63, 3.8) is 0 Å². The van der Waals surface area contributed by atoms with Crippen molar-refractivity contribution in [3.05, 3.63) is 29.3 Å². The van der Waals surface area contributed by atoms with Gasteiger partial charge in [0.2, 0.25) is 10.0 Å². The molecule has 1 saturated heterocycles. The van der Waals surface area contributed by atoms with Crippen LogP contribution in [0.25, 0.3) is 0 Å². The Kier molecular flexibility index (Phi) is 4.67. The van der Waals surface area contributed by atoms with Crippen LogP contribution in [0.1, 0.15) is 24.0 Å². The molecule has 1 heterocycles. The number of likely N-dealkylation sites (N-methyl/N-ethyl adjacent to an activating group) is 1. The Morgan fingerprint density at radius 3 is 2.71 bits per heavy atom. The minimum Gasteiger partial charge on any atom is -0.305 e. The molecule has 0 N–H and O–H groups in total. The maximum atomic E-state index is 12.8. The van der Waals surface area contributed by atoms with Crippen LogP contribution in [0.4, 0.5) is 0 Å². The summed E-state index contributed by atoms with van der Waals surface area (Å²) in [7, 11) is 0.413. The number of benzene rings is 1. The Hall–Kier alpha value is -1.42. The molecule has 5 nitrogen and oxygen atoms in total. The summed E-state index contributed by atoms with van der Waals surface area (Å²) in [5, 5.41) is 8.98.